The lowest BCUT2D eigenvalue weighted by molar-refractivity contribution is -0.131. The average molecular weight is 257 g/mol. The zero-order valence-corrected chi connectivity index (χ0v) is 10.6. The first kappa shape index (κ1) is 13.0. The maximum absolute atomic E-state index is 10.6. The van der Waals surface area contributed by atoms with Gasteiger partial charge in [0, 0.05) is 6.08 Å². The predicted octanol–water partition coefficient (Wildman–Crippen LogP) is 3.31. The molecule has 0 aromatic heterocycles. The quantitative estimate of drug-likeness (QED) is 0.641. The molecule has 1 aromatic carbocycles. The van der Waals surface area contributed by atoms with Gasteiger partial charge >= 0.3 is 5.97 Å². The molecule has 1 aliphatic rings. The summed E-state index contributed by atoms with van der Waals surface area (Å²) in [5.41, 5.74) is 1.68. The van der Waals surface area contributed by atoms with Crippen LogP contribution in [-0.2, 0) is 4.79 Å². The third-order valence-electron chi connectivity index (χ3n) is 2.64. The van der Waals surface area contributed by atoms with Crippen molar-refractivity contribution in [2.75, 3.05) is 5.32 Å². The Kier molecular flexibility index (Phi) is 4.03. The van der Waals surface area contributed by atoms with Crippen LogP contribution in [0, 0.1) is 0 Å². The summed E-state index contributed by atoms with van der Waals surface area (Å²) in [4.78, 5) is 10.6. The lowest BCUT2D eigenvalue weighted by atomic mass is 10.2. The number of hydrogen-bond acceptors (Lipinski definition) is 3. The largest absolute Gasteiger partial charge is 0.478 e. The third kappa shape index (κ3) is 3.48. The van der Waals surface area contributed by atoms with Gasteiger partial charge in [-0.25, -0.2) is 4.79 Å². The molecule has 1 aliphatic heterocycles. The molecule has 0 radical (unpaired) electrons. The van der Waals surface area contributed by atoms with Gasteiger partial charge in [-0.05, 0) is 30.2 Å². The fraction of sp³-hybridized carbons (Fsp3) is 0.133. The van der Waals surface area contributed by atoms with Crippen molar-refractivity contribution in [1.29, 1.82) is 0 Å². The van der Waals surface area contributed by atoms with Crippen LogP contribution in [0.1, 0.15) is 13.3 Å². The van der Waals surface area contributed by atoms with E-state index in [2.05, 4.69) is 5.32 Å². The highest BCUT2D eigenvalue weighted by Gasteiger charge is 2.13. The van der Waals surface area contributed by atoms with Crippen molar-refractivity contribution in [2.24, 2.45) is 0 Å². The smallest absolute Gasteiger partial charge is 0.328 e. The van der Waals surface area contributed by atoms with Gasteiger partial charge in [0.2, 0.25) is 0 Å². The SMILES string of the molecule is CCC(C=CC=C1Nc2ccccc2O1)=CC(=O)O. The zero-order chi connectivity index (χ0) is 13.7. The summed E-state index contributed by atoms with van der Waals surface area (Å²) in [7, 11) is 0. The Morgan fingerprint density at radius 2 is 2.21 bits per heavy atom. The molecule has 0 atom stereocenters. The summed E-state index contributed by atoms with van der Waals surface area (Å²) in [5.74, 6) is 0.485. The molecule has 0 spiro atoms. The van der Waals surface area contributed by atoms with E-state index in [4.69, 9.17) is 9.84 Å². The van der Waals surface area contributed by atoms with Crippen molar-refractivity contribution in [2.45, 2.75) is 13.3 Å². The molecule has 0 saturated heterocycles. The van der Waals surface area contributed by atoms with Gasteiger partial charge < -0.3 is 15.2 Å². The molecular formula is C15H15NO3. The molecule has 0 saturated carbocycles. The number of ether oxygens (including phenoxy) is 1. The second kappa shape index (κ2) is 5.91. The summed E-state index contributed by atoms with van der Waals surface area (Å²) in [6, 6.07) is 7.65. The number of para-hydroxylation sites is 2. The number of rotatable bonds is 4. The Morgan fingerprint density at radius 1 is 1.42 bits per heavy atom. The highest BCUT2D eigenvalue weighted by Crippen LogP contribution is 2.32. The first-order chi connectivity index (χ1) is 9.19. The van der Waals surface area contributed by atoms with Crippen LogP contribution in [0.15, 0.2) is 60.0 Å². The van der Waals surface area contributed by atoms with Gasteiger partial charge in [-0.3, -0.25) is 0 Å². The normalized spacial score (nSPS) is 16.3. The minimum atomic E-state index is -0.934. The highest BCUT2D eigenvalue weighted by atomic mass is 16.5. The van der Waals surface area contributed by atoms with Gasteiger partial charge in [0.05, 0.1) is 5.69 Å². The number of allylic oxidation sites excluding steroid dienone is 4. The van der Waals surface area contributed by atoms with E-state index < -0.39 is 5.97 Å². The molecule has 0 aliphatic carbocycles. The number of fused-ring (bicyclic) bond motifs is 1. The molecule has 0 amide bonds. The van der Waals surface area contributed by atoms with Crippen molar-refractivity contribution in [3.8, 4) is 5.75 Å². The second-order valence-electron chi connectivity index (χ2n) is 4.02. The summed E-state index contributed by atoms with van der Waals surface area (Å²) < 4.78 is 5.57. The maximum Gasteiger partial charge on any atom is 0.328 e. The molecule has 4 heteroatoms. The third-order valence-corrected chi connectivity index (χ3v) is 2.64. The van der Waals surface area contributed by atoms with Gasteiger partial charge in [-0.1, -0.05) is 31.2 Å². The lowest BCUT2D eigenvalue weighted by Crippen LogP contribution is -1.95. The number of anilines is 1. The first-order valence-corrected chi connectivity index (χ1v) is 6.05. The molecule has 4 nitrogen and oxygen atoms in total. The Labute approximate surface area is 111 Å². The Bertz CT molecular complexity index is 544. The molecule has 2 N–H and O–H groups in total. The Hall–Kier alpha value is -2.49. The topological polar surface area (TPSA) is 58.6 Å². The van der Waals surface area contributed by atoms with Crippen molar-refractivity contribution in [3.63, 3.8) is 0 Å². The van der Waals surface area contributed by atoms with Gasteiger partial charge in [-0.15, -0.1) is 0 Å². The van der Waals surface area contributed by atoms with Crippen LogP contribution in [0.3, 0.4) is 0 Å². The number of benzene rings is 1. The molecule has 2 rings (SSSR count). The van der Waals surface area contributed by atoms with E-state index in [-0.39, 0.29) is 0 Å². The van der Waals surface area contributed by atoms with Crippen LogP contribution < -0.4 is 10.1 Å². The second-order valence-corrected chi connectivity index (χ2v) is 4.02. The van der Waals surface area contributed by atoms with Crippen LogP contribution in [0.25, 0.3) is 0 Å². The Morgan fingerprint density at radius 3 is 2.89 bits per heavy atom. The van der Waals surface area contributed by atoms with Crippen molar-refractivity contribution >= 4 is 11.7 Å². The van der Waals surface area contributed by atoms with Gasteiger partial charge in [0.25, 0.3) is 0 Å². The van der Waals surface area contributed by atoms with E-state index in [0.29, 0.717) is 12.3 Å². The van der Waals surface area contributed by atoms with Gasteiger partial charge in [0.15, 0.2) is 11.6 Å². The van der Waals surface area contributed by atoms with E-state index in [1.807, 2.05) is 31.2 Å². The minimum Gasteiger partial charge on any atom is -0.478 e. The molecule has 0 bridgehead atoms. The van der Waals surface area contributed by atoms with Gasteiger partial charge in [-0.2, -0.15) is 0 Å². The molecule has 98 valence electrons. The first-order valence-electron chi connectivity index (χ1n) is 6.05. The standard InChI is InChI=1S/C15H15NO3/c1-2-11(10-15(17)18)6-5-9-14-16-12-7-3-4-8-13(12)19-14/h3-10,16H,2H2,1H3,(H,17,18). The summed E-state index contributed by atoms with van der Waals surface area (Å²) >= 11 is 0. The minimum absolute atomic E-state index is 0.628. The summed E-state index contributed by atoms with van der Waals surface area (Å²) in [6.07, 6.45) is 7.17. The molecule has 0 fully saturated rings. The molecule has 1 heterocycles. The number of hydrogen-bond donors (Lipinski definition) is 2. The Balaban J connectivity index is 2.03. The van der Waals surface area contributed by atoms with Crippen LogP contribution >= 0.6 is 0 Å². The van der Waals surface area contributed by atoms with Crippen LogP contribution in [0.5, 0.6) is 5.75 Å². The number of aliphatic carboxylic acids is 1. The zero-order valence-electron chi connectivity index (χ0n) is 10.6. The summed E-state index contributed by atoms with van der Waals surface area (Å²) in [6.45, 7) is 1.91. The average Bonchev–Trinajstić information content (AvgIpc) is 2.79. The van der Waals surface area contributed by atoms with Crippen LogP contribution in [-0.4, -0.2) is 11.1 Å². The molecular weight excluding hydrogens is 242 g/mol. The number of carbonyl (C=O) groups is 1. The van der Waals surface area contributed by atoms with Crippen LogP contribution in [0.4, 0.5) is 5.69 Å². The van der Waals surface area contributed by atoms with E-state index in [1.54, 1.807) is 18.2 Å². The van der Waals surface area contributed by atoms with E-state index >= 15 is 0 Å². The fourth-order valence-electron chi connectivity index (χ4n) is 1.70. The number of nitrogens with one attached hydrogen (secondary N) is 1. The lowest BCUT2D eigenvalue weighted by Gasteiger charge is -1.96. The van der Waals surface area contributed by atoms with E-state index in [9.17, 15) is 4.79 Å². The predicted molar refractivity (Wildman–Crippen MR) is 73.9 cm³/mol. The molecule has 0 unspecified atom stereocenters. The maximum atomic E-state index is 10.6. The van der Waals surface area contributed by atoms with Gasteiger partial charge in [0.1, 0.15) is 0 Å². The number of carboxylic acids is 1. The number of carboxylic acid groups (broad SMARTS) is 1. The van der Waals surface area contributed by atoms with Crippen molar-refractivity contribution in [3.05, 3.63) is 60.0 Å². The van der Waals surface area contributed by atoms with E-state index in [1.165, 1.54) is 6.08 Å². The molecule has 19 heavy (non-hydrogen) atoms. The van der Waals surface area contributed by atoms with Crippen LogP contribution in [0.2, 0.25) is 0 Å². The highest BCUT2D eigenvalue weighted by molar-refractivity contribution is 5.81. The van der Waals surface area contributed by atoms with E-state index in [0.717, 1.165) is 17.0 Å². The molecule has 1 aromatic rings. The summed E-state index contributed by atoms with van der Waals surface area (Å²) in [5, 5.41) is 11.8. The van der Waals surface area contributed by atoms with Crippen molar-refractivity contribution < 1.29 is 14.6 Å². The fourth-order valence-corrected chi connectivity index (χ4v) is 1.70. The van der Waals surface area contributed by atoms with Crippen molar-refractivity contribution in [1.82, 2.24) is 0 Å². The monoisotopic (exact) mass is 257 g/mol.